The zero-order chi connectivity index (χ0) is 15.7. The summed E-state index contributed by atoms with van der Waals surface area (Å²) in [7, 11) is 0. The first-order valence-corrected chi connectivity index (χ1v) is 7.78. The van der Waals surface area contributed by atoms with Crippen molar-refractivity contribution in [2.45, 2.75) is 19.4 Å². The van der Waals surface area contributed by atoms with Gasteiger partial charge in [0.05, 0.1) is 12.0 Å². The number of rotatable bonds is 3. The highest BCUT2D eigenvalue weighted by molar-refractivity contribution is 7.10. The van der Waals surface area contributed by atoms with E-state index >= 15 is 0 Å². The van der Waals surface area contributed by atoms with E-state index in [1.54, 1.807) is 4.90 Å². The summed E-state index contributed by atoms with van der Waals surface area (Å²) in [5.74, 6) is -1.55. The Labute approximate surface area is 130 Å². The van der Waals surface area contributed by atoms with Gasteiger partial charge in [-0.2, -0.15) is 0 Å². The number of fused-ring (bicyclic) bond motifs is 1. The second-order valence-electron chi connectivity index (χ2n) is 5.18. The summed E-state index contributed by atoms with van der Waals surface area (Å²) >= 11 is 1.51. The van der Waals surface area contributed by atoms with Crippen LogP contribution in [0.15, 0.2) is 29.6 Å². The van der Waals surface area contributed by atoms with Crippen LogP contribution in [0.25, 0.3) is 0 Å². The normalized spacial score (nSPS) is 13.8. The molecule has 3 rings (SSSR count). The minimum atomic E-state index is -1.09. The molecular weight excluding hydrogens is 305 g/mol. The average Bonchev–Trinajstić information content (AvgIpc) is 2.99. The third-order valence-electron chi connectivity index (χ3n) is 3.84. The van der Waals surface area contributed by atoms with Crippen LogP contribution in [0.5, 0.6) is 0 Å². The van der Waals surface area contributed by atoms with Crippen molar-refractivity contribution in [2.75, 3.05) is 6.54 Å². The predicted molar refractivity (Wildman–Crippen MR) is 80.5 cm³/mol. The number of hydrogen-bond donors (Lipinski definition) is 1. The minimum absolute atomic E-state index is 0.0614. The molecule has 0 bridgehead atoms. The van der Waals surface area contributed by atoms with Crippen molar-refractivity contribution in [3.63, 3.8) is 0 Å². The average molecular weight is 319 g/mol. The summed E-state index contributed by atoms with van der Waals surface area (Å²) in [5.41, 5.74) is 0.906. The molecular formula is C16H14FNO3S. The van der Waals surface area contributed by atoms with E-state index in [0.717, 1.165) is 4.88 Å². The van der Waals surface area contributed by atoms with Gasteiger partial charge in [0.15, 0.2) is 0 Å². The third-order valence-corrected chi connectivity index (χ3v) is 4.72. The lowest BCUT2D eigenvalue weighted by Gasteiger charge is -2.30. The molecule has 2 aromatic rings. The van der Waals surface area contributed by atoms with Crippen LogP contribution in [0.2, 0.25) is 0 Å². The molecule has 1 aromatic heterocycles. The number of carbonyl (C=O) groups excluding carboxylic acids is 1. The molecule has 0 radical (unpaired) electrons. The molecule has 0 unspecified atom stereocenters. The Hall–Kier alpha value is -2.21. The highest BCUT2D eigenvalue weighted by Gasteiger charge is 2.27. The van der Waals surface area contributed by atoms with Gasteiger partial charge in [-0.3, -0.25) is 4.79 Å². The standard InChI is InChI=1S/C16H14FNO3S/c17-14-4-3-12(16(20)21)13-9-18(6-5-11(13)14)15(19)8-10-2-1-7-22-10/h1-4,7H,5-6,8-9H2,(H,20,21). The second-order valence-corrected chi connectivity index (χ2v) is 6.21. The fourth-order valence-corrected chi connectivity index (χ4v) is 3.42. The Morgan fingerprint density at radius 1 is 1.27 bits per heavy atom. The number of halogens is 1. The van der Waals surface area contributed by atoms with E-state index in [0.29, 0.717) is 30.5 Å². The molecule has 0 fully saturated rings. The maximum atomic E-state index is 13.9. The Bertz CT molecular complexity index is 727. The monoisotopic (exact) mass is 319 g/mol. The minimum Gasteiger partial charge on any atom is -0.478 e. The predicted octanol–water partition coefficient (Wildman–Crippen LogP) is 2.71. The van der Waals surface area contributed by atoms with Crippen LogP contribution in [0.1, 0.15) is 26.4 Å². The number of carbonyl (C=O) groups is 2. The van der Waals surface area contributed by atoms with Crippen molar-refractivity contribution in [1.82, 2.24) is 4.90 Å². The van der Waals surface area contributed by atoms with Crippen LogP contribution in [0.4, 0.5) is 4.39 Å². The van der Waals surface area contributed by atoms with Crippen molar-refractivity contribution in [1.29, 1.82) is 0 Å². The van der Waals surface area contributed by atoms with Gasteiger partial charge in [-0.1, -0.05) is 6.07 Å². The van der Waals surface area contributed by atoms with E-state index in [4.69, 9.17) is 0 Å². The van der Waals surface area contributed by atoms with Crippen molar-refractivity contribution >= 4 is 23.2 Å². The molecule has 1 aromatic carbocycles. The van der Waals surface area contributed by atoms with Crippen molar-refractivity contribution in [3.05, 3.63) is 57.0 Å². The number of amides is 1. The zero-order valence-corrected chi connectivity index (χ0v) is 12.5. The van der Waals surface area contributed by atoms with Gasteiger partial charge in [0.25, 0.3) is 0 Å². The van der Waals surface area contributed by atoms with Crippen molar-refractivity contribution in [3.8, 4) is 0 Å². The largest absolute Gasteiger partial charge is 0.478 e. The molecule has 0 spiro atoms. The van der Waals surface area contributed by atoms with Gasteiger partial charge >= 0.3 is 5.97 Å². The van der Waals surface area contributed by atoms with Crippen LogP contribution in [0, 0.1) is 5.82 Å². The van der Waals surface area contributed by atoms with Gasteiger partial charge in [-0.25, -0.2) is 9.18 Å². The van der Waals surface area contributed by atoms with Crippen molar-refractivity contribution < 1.29 is 19.1 Å². The fraction of sp³-hybridized carbons (Fsp3) is 0.250. The third kappa shape index (κ3) is 2.74. The molecule has 0 saturated carbocycles. The topological polar surface area (TPSA) is 57.6 Å². The lowest BCUT2D eigenvalue weighted by molar-refractivity contribution is -0.131. The van der Waals surface area contributed by atoms with E-state index in [1.807, 2.05) is 17.5 Å². The Balaban J connectivity index is 1.85. The molecule has 22 heavy (non-hydrogen) atoms. The van der Waals surface area contributed by atoms with Crippen LogP contribution in [-0.4, -0.2) is 28.4 Å². The zero-order valence-electron chi connectivity index (χ0n) is 11.7. The summed E-state index contributed by atoms with van der Waals surface area (Å²) in [6, 6.07) is 6.23. The highest BCUT2D eigenvalue weighted by atomic mass is 32.1. The first-order valence-electron chi connectivity index (χ1n) is 6.90. The van der Waals surface area contributed by atoms with Gasteiger partial charge in [0.2, 0.25) is 5.91 Å². The maximum Gasteiger partial charge on any atom is 0.336 e. The number of benzene rings is 1. The lowest BCUT2D eigenvalue weighted by atomic mass is 9.94. The molecule has 1 amide bonds. The highest BCUT2D eigenvalue weighted by Crippen LogP contribution is 2.26. The summed E-state index contributed by atoms with van der Waals surface area (Å²) in [4.78, 5) is 26.2. The molecule has 1 N–H and O–H groups in total. The summed E-state index contributed by atoms with van der Waals surface area (Å²) in [6.07, 6.45) is 0.642. The van der Waals surface area contributed by atoms with Crippen molar-refractivity contribution in [2.24, 2.45) is 0 Å². The second kappa shape index (κ2) is 5.88. The summed E-state index contributed by atoms with van der Waals surface area (Å²) < 4.78 is 13.9. The van der Waals surface area contributed by atoms with Crippen LogP contribution < -0.4 is 0 Å². The number of nitrogens with zero attached hydrogens (tertiary/aromatic N) is 1. The molecule has 0 saturated heterocycles. The van der Waals surface area contributed by atoms with E-state index in [9.17, 15) is 19.1 Å². The molecule has 1 aliphatic heterocycles. The van der Waals surface area contributed by atoms with E-state index in [2.05, 4.69) is 0 Å². The number of aromatic carboxylic acids is 1. The maximum absolute atomic E-state index is 13.9. The number of carboxylic acids is 1. The Morgan fingerprint density at radius 3 is 2.77 bits per heavy atom. The molecule has 0 aliphatic carbocycles. The van der Waals surface area contributed by atoms with E-state index in [1.165, 1.54) is 23.5 Å². The van der Waals surface area contributed by atoms with E-state index in [-0.39, 0.29) is 18.0 Å². The Morgan fingerprint density at radius 2 is 2.09 bits per heavy atom. The fourth-order valence-electron chi connectivity index (χ4n) is 2.72. The summed E-state index contributed by atoms with van der Waals surface area (Å²) in [5, 5.41) is 11.1. The number of hydrogen-bond acceptors (Lipinski definition) is 3. The quantitative estimate of drug-likeness (QED) is 0.946. The molecule has 2 heterocycles. The Kier molecular flexibility index (Phi) is 3.94. The molecule has 0 atom stereocenters. The smallest absolute Gasteiger partial charge is 0.336 e. The van der Waals surface area contributed by atoms with E-state index < -0.39 is 11.8 Å². The number of carboxylic acid groups (broad SMARTS) is 1. The van der Waals surface area contributed by atoms with Gasteiger partial charge in [-0.05, 0) is 41.1 Å². The first-order chi connectivity index (χ1) is 10.6. The molecule has 4 nitrogen and oxygen atoms in total. The molecule has 6 heteroatoms. The molecule has 114 valence electrons. The van der Waals surface area contributed by atoms with Gasteiger partial charge in [0, 0.05) is 18.0 Å². The van der Waals surface area contributed by atoms with Crippen LogP contribution >= 0.6 is 11.3 Å². The number of thiophene rings is 1. The van der Waals surface area contributed by atoms with Crippen LogP contribution in [-0.2, 0) is 24.2 Å². The lowest BCUT2D eigenvalue weighted by Crippen LogP contribution is -2.38. The van der Waals surface area contributed by atoms with Gasteiger partial charge in [0.1, 0.15) is 5.82 Å². The van der Waals surface area contributed by atoms with Crippen LogP contribution in [0.3, 0.4) is 0 Å². The summed E-state index contributed by atoms with van der Waals surface area (Å²) in [6.45, 7) is 0.566. The van der Waals surface area contributed by atoms with Gasteiger partial charge < -0.3 is 10.0 Å². The SMILES string of the molecule is O=C(O)c1ccc(F)c2c1CN(C(=O)Cc1cccs1)CC2. The first kappa shape index (κ1) is 14.7. The van der Waals surface area contributed by atoms with Gasteiger partial charge in [-0.15, -0.1) is 11.3 Å². The molecule has 1 aliphatic rings.